The van der Waals surface area contributed by atoms with Crippen molar-refractivity contribution in [1.82, 2.24) is 24.5 Å². The molecular formula is C20H17ClN6O. The first-order valence-corrected chi connectivity index (χ1v) is 9.37. The van der Waals surface area contributed by atoms with Crippen molar-refractivity contribution in [3.8, 4) is 16.8 Å². The molecule has 1 fully saturated rings. The topological polar surface area (TPSA) is 80.0 Å². The molecule has 0 atom stereocenters. The largest absolute Gasteiger partial charge is 0.396 e. The lowest BCUT2D eigenvalue weighted by Gasteiger charge is -2.38. The number of halogens is 1. The Morgan fingerprint density at radius 1 is 1.04 bits per heavy atom. The predicted octanol–water partition coefficient (Wildman–Crippen LogP) is 2.96. The van der Waals surface area contributed by atoms with Gasteiger partial charge >= 0.3 is 0 Å². The number of hydrogen-bond acceptors (Lipinski definition) is 6. The highest BCUT2D eigenvalue weighted by Crippen LogP contribution is 2.35. The third-order valence-electron chi connectivity index (χ3n) is 5.02. The summed E-state index contributed by atoms with van der Waals surface area (Å²) in [6.07, 6.45) is 7.05. The van der Waals surface area contributed by atoms with Gasteiger partial charge in [0.15, 0.2) is 0 Å². The van der Waals surface area contributed by atoms with Gasteiger partial charge in [0.25, 0.3) is 0 Å². The number of anilines is 1. The number of para-hydroxylation sites is 1. The first kappa shape index (κ1) is 17.1. The van der Waals surface area contributed by atoms with Crippen LogP contribution in [0, 0.1) is 5.92 Å². The predicted molar refractivity (Wildman–Crippen MR) is 108 cm³/mol. The molecule has 140 valence electrons. The van der Waals surface area contributed by atoms with E-state index in [0.29, 0.717) is 17.0 Å². The molecular weight excluding hydrogens is 376 g/mol. The van der Waals surface area contributed by atoms with Crippen LogP contribution in [0.5, 0.6) is 0 Å². The van der Waals surface area contributed by atoms with Gasteiger partial charge in [0, 0.05) is 61.0 Å². The molecule has 5 rings (SSSR count). The number of nitrogens with zero attached hydrogens (tertiary/aromatic N) is 6. The van der Waals surface area contributed by atoms with Crippen molar-refractivity contribution in [2.45, 2.75) is 0 Å². The van der Waals surface area contributed by atoms with Crippen LogP contribution in [0.25, 0.3) is 27.8 Å². The van der Waals surface area contributed by atoms with Crippen LogP contribution in [0.4, 0.5) is 5.95 Å². The molecule has 4 heterocycles. The minimum Gasteiger partial charge on any atom is -0.396 e. The van der Waals surface area contributed by atoms with E-state index in [4.69, 9.17) is 11.6 Å². The minimum absolute atomic E-state index is 0.200. The van der Waals surface area contributed by atoms with Crippen LogP contribution in [0.2, 0.25) is 5.15 Å². The second kappa shape index (κ2) is 6.85. The van der Waals surface area contributed by atoms with Crippen molar-refractivity contribution in [3.63, 3.8) is 0 Å². The summed E-state index contributed by atoms with van der Waals surface area (Å²) in [5.74, 6) is 0.977. The highest BCUT2D eigenvalue weighted by Gasteiger charge is 2.28. The Balaban J connectivity index is 1.58. The van der Waals surface area contributed by atoms with Crippen LogP contribution in [0.1, 0.15) is 0 Å². The van der Waals surface area contributed by atoms with Crippen LogP contribution in [0.15, 0.2) is 55.2 Å². The third kappa shape index (κ3) is 2.80. The van der Waals surface area contributed by atoms with E-state index < -0.39 is 0 Å². The molecule has 1 aromatic carbocycles. The Morgan fingerprint density at radius 2 is 1.79 bits per heavy atom. The minimum atomic E-state index is 0.200. The Hall–Kier alpha value is -3.03. The molecule has 0 spiro atoms. The summed E-state index contributed by atoms with van der Waals surface area (Å²) in [6, 6.07) is 9.96. The second-order valence-corrected chi connectivity index (χ2v) is 7.19. The number of aliphatic hydroxyl groups is 1. The summed E-state index contributed by atoms with van der Waals surface area (Å²) >= 11 is 6.42. The highest BCUT2D eigenvalue weighted by atomic mass is 35.5. The molecule has 28 heavy (non-hydrogen) atoms. The zero-order valence-corrected chi connectivity index (χ0v) is 15.7. The van der Waals surface area contributed by atoms with Crippen LogP contribution < -0.4 is 4.90 Å². The summed E-state index contributed by atoms with van der Waals surface area (Å²) in [4.78, 5) is 19.7. The highest BCUT2D eigenvalue weighted by molar-refractivity contribution is 6.35. The SMILES string of the molecule is OCC1CN(c2ncc(-c3cn(-c4ccccc4)c4ncnc(Cl)c34)cn2)C1. The summed E-state index contributed by atoms with van der Waals surface area (Å²) in [5.41, 5.74) is 3.45. The average molecular weight is 393 g/mol. The first-order valence-electron chi connectivity index (χ1n) is 9.00. The number of hydrogen-bond donors (Lipinski definition) is 1. The van der Waals surface area contributed by atoms with Gasteiger partial charge in [0.1, 0.15) is 17.1 Å². The molecule has 0 aliphatic carbocycles. The smallest absolute Gasteiger partial charge is 0.225 e. The van der Waals surface area contributed by atoms with E-state index in [1.807, 2.05) is 46.0 Å². The van der Waals surface area contributed by atoms with E-state index in [-0.39, 0.29) is 6.61 Å². The van der Waals surface area contributed by atoms with Crippen molar-refractivity contribution >= 4 is 28.6 Å². The molecule has 1 saturated heterocycles. The van der Waals surface area contributed by atoms with Gasteiger partial charge in [0.2, 0.25) is 5.95 Å². The normalized spacial score (nSPS) is 14.4. The lowest BCUT2D eigenvalue weighted by molar-refractivity contribution is 0.199. The first-order chi connectivity index (χ1) is 13.7. The Kier molecular flexibility index (Phi) is 4.18. The lowest BCUT2D eigenvalue weighted by atomic mass is 10.0. The summed E-state index contributed by atoms with van der Waals surface area (Å²) in [7, 11) is 0. The van der Waals surface area contributed by atoms with Gasteiger partial charge in [-0.15, -0.1) is 0 Å². The number of rotatable bonds is 4. The maximum absolute atomic E-state index is 9.17. The van der Waals surface area contributed by atoms with Crippen LogP contribution in [0.3, 0.4) is 0 Å². The Bertz CT molecular complexity index is 1120. The molecule has 1 aliphatic heterocycles. The van der Waals surface area contributed by atoms with Crippen LogP contribution in [-0.2, 0) is 0 Å². The molecule has 1 aliphatic rings. The number of aliphatic hydroxyl groups excluding tert-OH is 1. The molecule has 0 unspecified atom stereocenters. The molecule has 3 aromatic heterocycles. The van der Waals surface area contributed by atoms with Crippen molar-refractivity contribution < 1.29 is 5.11 Å². The van der Waals surface area contributed by atoms with E-state index in [0.717, 1.165) is 40.9 Å². The van der Waals surface area contributed by atoms with Crippen molar-refractivity contribution in [3.05, 3.63) is 60.4 Å². The standard InChI is InChI=1S/C20H17ClN6O/c21-18-17-16(14-6-22-20(23-7-14)26-8-13(9-26)11-28)10-27(19(17)25-12-24-18)15-4-2-1-3-5-15/h1-7,10,12-13,28H,8-9,11H2. The molecule has 0 bridgehead atoms. The van der Waals surface area contributed by atoms with E-state index in [9.17, 15) is 5.11 Å². The zero-order valence-electron chi connectivity index (χ0n) is 14.9. The number of fused-ring (bicyclic) bond motifs is 1. The molecule has 0 saturated carbocycles. The van der Waals surface area contributed by atoms with Gasteiger partial charge in [-0.2, -0.15) is 0 Å². The average Bonchev–Trinajstić information content (AvgIpc) is 3.09. The monoisotopic (exact) mass is 392 g/mol. The van der Waals surface area contributed by atoms with E-state index in [1.165, 1.54) is 6.33 Å². The summed E-state index contributed by atoms with van der Waals surface area (Å²) < 4.78 is 1.99. The van der Waals surface area contributed by atoms with Crippen LogP contribution in [-0.4, -0.2) is 49.3 Å². The summed E-state index contributed by atoms with van der Waals surface area (Å²) in [5, 5.41) is 10.3. The Morgan fingerprint density at radius 3 is 2.50 bits per heavy atom. The molecule has 0 amide bonds. The van der Waals surface area contributed by atoms with Crippen molar-refractivity contribution in [1.29, 1.82) is 0 Å². The molecule has 4 aromatic rings. The molecule has 0 radical (unpaired) electrons. The maximum atomic E-state index is 9.17. The van der Waals surface area contributed by atoms with Gasteiger partial charge in [-0.05, 0) is 12.1 Å². The van der Waals surface area contributed by atoms with E-state index in [1.54, 1.807) is 12.4 Å². The Labute approximate surface area is 166 Å². The maximum Gasteiger partial charge on any atom is 0.225 e. The van der Waals surface area contributed by atoms with E-state index >= 15 is 0 Å². The van der Waals surface area contributed by atoms with Crippen LogP contribution >= 0.6 is 11.6 Å². The quantitative estimate of drug-likeness (QED) is 0.538. The van der Waals surface area contributed by atoms with Crippen molar-refractivity contribution in [2.24, 2.45) is 5.92 Å². The van der Waals surface area contributed by atoms with Gasteiger partial charge < -0.3 is 14.6 Å². The lowest BCUT2D eigenvalue weighted by Crippen LogP contribution is -2.49. The fourth-order valence-electron chi connectivity index (χ4n) is 3.50. The zero-order chi connectivity index (χ0) is 19.1. The molecule has 7 nitrogen and oxygen atoms in total. The molecule has 1 N–H and O–H groups in total. The summed E-state index contributed by atoms with van der Waals surface area (Å²) in [6.45, 7) is 1.76. The third-order valence-corrected chi connectivity index (χ3v) is 5.31. The van der Waals surface area contributed by atoms with Crippen molar-refractivity contribution in [2.75, 3.05) is 24.6 Å². The fourth-order valence-corrected chi connectivity index (χ4v) is 3.73. The van der Waals surface area contributed by atoms with Gasteiger partial charge in [0.05, 0.1) is 5.39 Å². The van der Waals surface area contributed by atoms with E-state index in [2.05, 4.69) is 19.9 Å². The van der Waals surface area contributed by atoms with Gasteiger partial charge in [-0.25, -0.2) is 19.9 Å². The second-order valence-electron chi connectivity index (χ2n) is 6.84. The molecule has 8 heteroatoms. The fraction of sp³-hybridized carbons (Fsp3) is 0.200. The number of benzene rings is 1. The number of aromatic nitrogens is 5. The van der Waals surface area contributed by atoms with Gasteiger partial charge in [-0.1, -0.05) is 29.8 Å². The van der Waals surface area contributed by atoms with Gasteiger partial charge in [-0.3, -0.25) is 0 Å².